The summed E-state index contributed by atoms with van der Waals surface area (Å²) in [5.41, 5.74) is 2.82. The fourth-order valence-electron chi connectivity index (χ4n) is 4.17. The van der Waals surface area contributed by atoms with Gasteiger partial charge in [0.25, 0.3) is 10.0 Å². The minimum Gasteiger partial charge on any atom is -0.270 e. The molecule has 150 valence electrons. The molecule has 0 radical (unpaired) electrons. The zero-order valence-corrected chi connectivity index (χ0v) is 17.6. The van der Waals surface area contributed by atoms with Crippen LogP contribution in [0, 0.1) is 6.92 Å². The van der Waals surface area contributed by atoms with Gasteiger partial charge in [0.05, 0.1) is 22.0 Å². The van der Waals surface area contributed by atoms with Crippen molar-refractivity contribution in [2.45, 2.75) is 44.0 Å². The van der Waals surface area contributed by atoms with Crippen LogP contribution in [0.25, 0.3) is 0 Å². The fourth-order valence-corrected chi connectivity index (χ4v) is 7.70. The summed E-state index contributed by atoms with van der Waals surface area (Å²) in [4.78, 5) is 0.217. The second kappa shape index (κ2) is 6.77. The first-order chi connectivity index (χ1) is 13.2. The van der Waals surface area contributed by atoms with Crippen molar-refractivity contribution in [1.29, 1.82) is 0 Å². The molecule has 0 aliphatic carbocycles. The minimum absolute atomic E-state index is 0.133. The molecule has 1 fully saturated rings. The highest BCUT2D eigenvalue weighted by Crippen LogP contribution is 2.38. The van der Waals surface area contributed by atoms with Crippen LogP contribution < -0.4 is 8.61 Å². The Bertz CT molecular complexity index is 1130. The summed E-state index contributed by atoms with van der Waals surface area (Å²) in [6.07, 6.45) is 2.15. The highest BCUT2D eigenvalue weighted by Gasteiger charge is 2.37. The van der Waals surface area contributed by atoms with Gasteiger partial charge in [0.1, 0.15) is 0 Å². The summed E-state index contributed by atoms with van der Waals surface area (Å²) in [5, 5.41) is 0. The lowest BCUT2D eigenvalue weighted by molar-refractivity contribution is 0.574. The topological polar surface area (TPSA) is 74.8 Å². The molecule has 2 heterocycles. The molecule has 2 aromatic carbocycles. The molecule has 0 bridgehead atoms. The van der Waals surface area contributed by atoms with Gasteiger partial charge in [-0.1, -0.05) is 18.2 Å². The zero-order valence-electron chi connectivity index (χ0n) is 16.0. The number of benzene rings is 2. The Balaban J connectivity index is 1.74. The first kappa shape index (κ1) is 19.3. The van der Waals surface area contributed by atoms with E-state index in [4.69, 9.17) is 0 Å². The summed E-state index contributed by atoms with van der Waals surface area (Å²) in [6, 6.07) is 12.2. The van der Waals surface area contributed by atoms with Gasteiger partial charge in [0.2, 0.25) is 10.0 Å². The molecule has 8 heteroatoms. The zero-order chi connectivity index (χ0) is 20.1. The predicted octanol–water partition coefficient (Wildman–Crippen LogP) is 3.06. The lowest BCUT2D eigenvalue weighted by Gasteiger charge is -2.29. The SMILES string of the molecule is Cc1cc(N2CCCCS2(=O)=O)ccc1S(=O)(=O)N1c2ccccc2CC1C. The molecule has 2 aliphatic rings. The lowest BCUT2D eigenvalue weighted by atomic mass is 10.1. The van der Waals surface area contributed by atoms with Gasteiger partial charge >= 0.3 is 0 Å². The molecule has 0 saturated carbocycles. The van der Waals surface area contributed by atoms with Gasteiger partial charge < -0.3 is 0 Å². The molecular weight excluding hydrogens is 396 g/mol. The van der Waals surface area contributed by atoms with E-state index in [0.29, 0.717) is 30.6 Å². The van der Waals surface area contributed by atoms with Gasteiger partial charge in [-0.05, 0) is 68.5 Å². The van der Waals surface area contributed by atoms with Crippen LogP contribution in [0.2, 0.25) is 0 Å². The number of nitrogens with zero attached hydrogens (tertiary/aromatic N) is 2. The second-order valence-corrected chi connectivity index (χ2v) is 11.3. The van der Waals surface area contributed by atoms with E-state index in [2.05, 4.69) is 0 Å². The number of anilines is 2. The Labute approximate surface area is 166 Å². The van der Waals surface area contributed by atoms with Crippen LogP contribution in [0.15, 0.2) is 47.4 Å². The maximum Gasteiger partial charge on any atom is 0.264 e. The maximum atomic E-state index is 13.4. The third kappa shape index (κ3) is 3.08. The van der Waals surface area contributed by atoms with Crippen LogP contribution in [0.1, 0.15) is 30.9 Å². The van der Waals surface area contributed by atoms with Crippen LogP contribution >= 0.6 is 0 Å². The Morgan fingerprint density at radius 2 is 1.82 bits per heavy atom. The summed E-state index contributed by atoms with van der Waals surface area (Å²) in [6.45, 7) is 4.06. The van der Waals surface area contributed by atoms with Crippen molar-refractivity contribution in [3.05, 3.63) is 53.6 Å². The maximum absolute atomic E-state index is 13.4. The number of sulfonamides is 2. The monoisotopic (exact) mass is 420 g/mol. The summed E-state index contributed by atoms with van der Waals surface area (Å²) in [7, 11) is -7.08. The smallest absolute Gasteiger partial charge is 0.264 e. The minimum atomic E-state index is -3.74. The number of para-hydroxylation sites is 1. The van der Waals surface area contributed by atoms with Gasteiger partial charge in [-0.25, -0.2) is 16.8 Å². The lowest BCUT2D eigenvalue weighted by Crippen LogP contribution is -2.38. The van der Waals surface area contributed by atoms with Crippen LogP contribution in [-0.2, 0) is 26.5 Å². The van der Waals surface area contributed by atoms with Gasteiger partial charge in [-0.2, -0.15) is 0 Å². The second-order valence-electron chi connectivity index (χ2n) is 7.53. The molecule has 1 atom stereocenters. The van der Waals surface area contributed by atoms with Gasteiger partial charge in [-0.15, -0.1) is 0 Å². The largest absolute Gasteiger partial charge is 0.270 e. The molecule has 0 spiro atoms. The van der Waals surface area contributed by atoms with Crippen molar-refractivity contribution in [1.82, 2.24) is 0 Å². The predicted molar refractivity (Wildman–Crippen MR) is 111 cm³/mol. The molecule has 28 heavy (non-hydrogen) atoms. The molecule has 1 unspecified atom stereocenters. The molecular formula is C20H24N2O4S2. The van der Waals surface area contributed by atoms with E-state index in [1.165, 1.54) is 14.7 Å². The number of rotatable bonds is 3. The average molecular weight is 421 g/mol. The van der Waals surface area contributed by atoms with E-state index < -0.39 is 20.0 Å². The van der Waals surface area contributed by atoms with E-state index in [0.717, 1.165) is 17.7 Å². The number of hydrogen-bond acceptors (Lipinski definition) is 4. The van der Waals surface area contributed by atoms with E-state index in [1.807, 2.05) is 31.2 Å². The number of fused-ring (bicyclic) bond motifs is 1. The molecule has 1 saturated heterocycles. The quantitative estimate of drug-likeness (QED) is 0.765. The molecule has 6 nitrogen and oxygen atoms in total. The summed E-state index contributed by atoms with van der Waals surface area (Å²) >= 11 is 0. The van der Waals surface area contributed by atoms with Gasteiger partial charge in [-0.3, -0.25) is 8.61 Å². The third-order valence-electron chi connectivity index (χ3n) is 5.48. The van der Waals surface area contributed by atoms with Crippen molar-refractivity contribution in [2.75, 3.05) is 20.9 Å². The Hall–Kier alpha value is -2.06. The fraction of sp³-hybridized carbons (Fsp3) is 0.400. The standard InChI is InChI=1S/C20H24N2O4S2/c1-15-13-18(21-11-5-6-12-27(21,23)24)9-10-20(15)28(25,26)22-16(2)14-17-7-3-4-8-19(17)22/h3-4,7-10,13,16H,5-6,11-12,14H2,1-2H3. The van der Waals surface area contributed by atoms with Crippen LogP contribution in [0.5, 0.6) is 0 Å². The van der Waals surface area contributed by atoms with Crippen molar-refractivity contribution in [3.63, 3.8) is 0 Å². The molecule has 0 N–H and O–H groups in total. The highest BCUT2D eigenvalue weighted by atomic mass is 32.2. The summed E-state index contributed by atoms with van der Waals surface area (Å²) in [5.74, 6) is 0.133. The van der Waals surface area contributed by atoms with Crippen molar-refractivity contribution in [2.24, 2.45) is 0 Å². The molecule has 2 aliphatic heterocycles. The first-order valence-electron chi connectivity index (χ1n) is 9.45. The van der Waals surface area contributed by atoms with Crippen LogP contribution in [0.4, 0.5) is 11.4 Å². The molecule has 0 amide bonds. The van der Waals surface area contributed by atoms with E-state index in [1.54, 1.807) is 19.1 Å². The Morgan fingerprint density at radius 1 is 1.07 bits per heavy atom. The van der Waals surface area contributed by atoms with Gasteiger partial charge in [0.15, 0.2) is 0 Å². The van der Waals surface area contributed by atoms with Crippen molar-refractivity contribution in [3.8, 4) is 0 Å². The molecule has 0 aromatic heterocycles. The first-order valence-corrected chi connectivity index (χ1v) is 12.5. The summed E-state index contributed by atoms with van der Waals surface area (Å²) < 4.78 is 54.5. The number of aryl methyl sites for hydroxylation is 1. The van der Waals surface area contributed by atoms with E-state index in [-0.39, 0.29) is 16.7 Å². The third-order valence-corrected chi connectivity index (χ3v) is 9.44. The van der Waals surface area contributed by atoms with E-state index >= 15 is 0 Å². The molecule has 4 rings (SSSR count). The Morgan fingerprint density at radius 3 is 2.54 bits per heavy atom. The normalized spacial score (nSPS) is 21.6. The highest BCUT2D eigenvalue weighted by molar-refractivity contribution is 7.93. The Kier molecular flexibility index (Phi) is 4.66. The average Bonchev–Trinajstić information content (AvgIpc) is 2.97. The molecule has 2 aromatic rings. The number of hydrogen-bond donors (Lipinski definition) is 0. The van der Waals surface area contributed by atoms with Crippen molar-refractivity contribution >= 4 is 31.4 Å². The van der Waals surface area contributed by atoms with Crippen LogP contribution in [-0.4, -0.2) is 35.2 Å². The van der Waals surface area contributed by atoms with Gasteiger partial charge in [0, 0.05) is 12.6 Å². The van der Waals surface area contributed by atoms with Crippen molar-refractivity contribution < 1.29 is 16.8 Å². The van der Waals surface area contributed by atoms with Crippen LogP contribution in [0.3, 0.4) is 0 Å². The van der Waals surface area contributed by atoms with E-state index in [9.17, 15) is 16.8 Å².